The van der Waals surface area contributed by atoms with Crippen LogP contribution in [-0.2, 0) is 0 Å². The van der Waals surface area contributed by atoms with Gasteiger partial charge in [0, 0.05) is 32.7 Å². The molecule has 6 nitrogen and oxygen atoms in total. The topological polar surface area (TPSA) is 61.4 Å². The molecule has 138 valence electrons. The average Bonchev–Trinajstić information content (AvgIpc) is 2.69. The van der Waals surface area contributed by atoms with Gasteiger partial charge in [0.15, 0.2) is 11.5 Å². The summed E-state index contributed by atoms with van der Waals surface area (Å²) in [6.07, 6.45) is 1.98. The van der Waals surface area contributed by atoms with E-state index in [1.165, 1.54) is 6.07 Å². The molecule has 1 aromatic carbocycles. The van der Waals surface area contributed by atoms with Gasteiger partial charge in [-0.3, -0.25) is 4.79 Å². The molecule has 1 amide bonds. The maximum absolute atomic E-state index is 13.9. The molecule has 1 aromatic heterocycles. The van der Waals surface area contributed by atoms with Gasteiger partial charge in [0.1, 0.15) is 5.82 Å². The summed E-state index contributed by atoms with van der Waals surface area (Å²) in [5, 5.41) is 11.1. The van der Waals surface area contributed by atoms with Crippen molar-refractivity contribution in [1.82, 2.24) is 15.5 Å². The van der Waals surface area contributed by atoms with Crippen LogP contribution in [0, 0.1) is 5.82 Å². The highest BCUT2D eigenvalue weighted by molar-refractivity contribution is 5.92. The van der Waals surface area contributed by atoms with Crippen LogP contribution < -0.4 is 15.1 Å². The number of unbranched alkanes of at least 4 members (excludes halogenated alkanes) is 1. The first-order chi connectivity index (χ1) is 12.7. The minimum Gasteiger partial charge on any atom is -0.366 e. The normalized spacial score (nSPS) is 14.4. The molecule has 0 atom stereocenters. The molecule has 2 heterocycles. The fourth-order valence-corrected chi connectivity index (χ4v) is 2.97. The number of halogens is 1. The quantitative estimate of drug-likeness (QED) is 0.805. The smallest absolute Gasteiger partial charge is 0.271 e. The zero-order valence-electron chi connectivity index (χ0n) is 15.0. The number of carbonyl (C=O) groups excluding carboxylic acids is 1. The fraction of sp³-hybridized carbons (Fsp3) is 0.421. The lowest BCUT2D eigenvalue weighted by molar-refractivity contribution is 0.0947. The summed E-state index contributed by atoms with van der Waals surface area (Å²) >= 11 is 0. The lowest BCUT2D eigenvalue weighted by Gasteiger charge is -2.36. The van der Waals surface area contributed by atoms with Crippen LogP contribution in [0.3, 0.4) is 0 Å². The number of para-hydroxylation sites is 1. The van der Waals surface area contributed by atoms with Gasteiger partial charge in [0.05, 0.1) is 5.69 Å². The number of nitrogens with zero attached hydrogens (tertiary/aromatic N) is 4. The number of nitrogens with one attached hydrogen (secondary N) is 1. The third kappa shape index (κ3) is 4.28. The van der Waals surface area contributed by atoms with E-state index in [9.17, 15) is 9.18 Å². The van der Waals surface area contributed by atoms with Crippen molar-refractivity contribution in [2.45, 2.75) is 19.8 Å². The summed E-state index contributed by atoms with van der Waals surface area (Å²) in [5.74, 6) is 0.351. The Balaban J connectivity index is 1.56. The van der Waals surface area contributed by atoms with Crippen LogP contribution in [0.25, 0.3) is 0 Å². The number of piperazine rings is 1. The predicted octanol–water partition coefficient (Wildman–Crippen LogP) is 2.47. The van der Waals surface area contributed by atoms with Gasteiger partial charge >= 0.3 is 0 Å². The van der Waals surface area contributed by atoms with Crippen molar-refractivity contribution >= 4 is 17.4 Å². The summed E-state index contributed by atoms with van der Waals surface area (Å²) in [5.41, 5.74) is 0.965. The largest absolute Gasteiger partial charge is 0.366 e. The zero-order chi connectivity index (χ0) is 18.4. The first-order valence-electron chi connectivity index (χ1n) is 9.05. The molecule has 0 spiro atoms. The van der Waals surface area contributed by atoms with Gasteiger partial charge < -0.3 is 15.1 Å². The Kier molecular flexibility index (Phi) is 5.99. The minimum absolute atomic E-state index is 0.193. The lowest BCUT2D eigenvalue weighted by atomic mass is 10.2. The van der Waals surface area contributed by atoms with Crippen molar-refractivity contribution in [2.24, 2.45) is 0 Å². The van der Waals surface area contributed by atoms with E-state index >= 15 is 0 Å². The molecule has 2 aromatic rings. The first-order valence-corrected chi connectivity index (χ1v) is 9.05. The molecular formula is C19H24FN5O. The average molecular weight is 357 g/mol. The van der Waals surface area contributed by atoms with E-state index < -0.39 is 0 Å². The molecule has 3 rings (SSSR count). The first kappa shape index (κ1) is 18.1. The molecule has 0 unspecified atom stereocenters. The van der Waals surface area contributed by atoms with Crippen molar-refractivity contribution in [3.05, 3.63) is 47.9 Å². The van der Waals surface area contributed by atoms with E-state index in [1.54, 1.807) is 18.2 Å². The molecule has 1 N–H and O–H groups in total. The Labute approximate surface area is 153 Å². The second-order valence-electron chi connectivity index (χ2n) is 6.31. The SMILES string of the molecule is CCCCNC(=O)c1ccc(N2CCN(c3ccccc3F)CC2)nn1. The van der Waals surface area contributed by atoms with Crippen molar-refractivity contribution in [1.29, 1.82) is 0 Å². The molecule has 1 fully saturated rings. The summed E-state index contributed by atoms with van der Waals surface area (Å²) in [6.45, 7) is 5.60. The van der Waals surface area contributed by atoms with Gasteiger partial charge in [-0.2, -0.15) is 0 Å². The van der Waals surface area contributed by atoms with Crippen LogP contribution in [0.1, 0.15) is 30.3 Å². The molecule has 26 heavy (non-hydrogen) atoms. The summed E-state index contributed by atoms with van der Waals surface area (Å²) in [6, 6.07) is 10.4. The lowest BCUT2D eigenvalue weighted by Crippen LogP contribution is -2.47. The summed E-state index contributed by atoms with van der Waals surface area (Å²) < 4.78 is 13.9. The van der Waals surface area contributed by atoms with Crippen LogP contribution in [0.5, 0.6) is 0 Å². The van der Waals surface area contributed by atoms with Crippen molar-refractivity contribution in [3.8, 4) is 0 Å². The van der Waals surface area contributed by atoms with Gasteiger partial charge in [-0.1, -0.05) is 25.5 Å². The number of aromatic nitrogens is 2. The van der Waals surface area contributed by atoms with Crippen LogP contribution >= 0.6 is 0 Å². The number of hydrogen-bond acceptors (Lipinski definition) is 5. The number of carbonyl (C=O) groups is 1. The van der Waals surface area contributed by atoms with Crippen LogP contribution in [0.15, 0.2) is 36.4 Å². The Morgan fingerprint density at radius 2 is 1.81 bits per heavy atom. The van der Waals surface area contributed by atoms with Gasteiger partial charge in [-0.05, 0) is 30.7 Å². The highest BCUT2D eigenvalue weighted by atomic mass is 19.1. The van der Waals surface area contributed by atoms with E-state index in [2.05, 4.69) is 27.3 Å². The second-order valence-corrected chi connectivity index (χ2v) is 6.31. The van der Waals surface area contributed by atoms with Crippen LogP contribution in [0.4, 0.5) is 15.9 Å². The van der Waals surface area contributed by atoms with Crippen molar-refractivity contribution in [2.75, 3.05) is 42.5 Å². The molecule has 0 saturated carbocycles. The van der Waals surface area contributed by atoms with Gasteiger partial charge in [0.2, 0.25) is 0 Å². The van der Waals surface area contributed by atoms with Crippen LogP contribution in [-0.4, -0.2) is 48.8 Å². The summed E-state index contributed by atoms with van der Waals surface area (Å²) in [7, 11) is 0. The zero-order valence-corrected chi connectivity index (χ0v) is 15.0. The third-order valence-corrected chi connectivity index (χ3v) is 4.50. The Morgan fingerprint density at radius 3 is 2.46 bits per heavy atom. The Morgan fingerprint density at radius 1 is 1.08 bits per heavy atom. The highest BCUT2D eigenvalue weighted by Crippen LogP contribution is 2.21. The van der Waals surface area contributed by atoms with E-state index in [4.69, 9.17) is 0 Å². The van der Waals surface area contributed by atoms with Gasteiger partial charge in [-0.25, -0.2) is 4.39 Å². The van der Waals surface area contributed by atoms with Crippen molar-refractivity contribution < 1.29 is 9.18 Å². The number of amides is 1. The van der Waals surface area contributed by atoms with Crippen LogP contribution in [0.2, 0.25) is 0 Å². The molecule has 0 bridgehead atoms. The monoisotopic (exact) mass is 357 g/mol. The molecule has 1 aliphatic heterocycles. The maximum Gasteiger partial charge on any atom is 0.271 e. The molecule has 0 aliphatic carbocycles. The fourth-order valence-electron chi connectivity index (χ4n) is 2.97. The summed E-state index contributed by atoms with van der Waals surface area (Å²) in [4.78, 5) is 16.1. The minimum atomic E-state index is -0.195. The standard InChI is InChI=1S/C19H24FN5O/c1-2-3-10-21-19(26)16-8-9-18(23-22-16)25-13-11-24(12-14-25)17-7-5-4-6-15(17)20/h4-9H,2-3,10-14H2,1H3,(H,21,26). The third-order valence-electron chi connectivity index (χ3n) is 4.50. The van der Waals surface area contributed by atoms with Gasteiger partial charge in [-0.15, -0.1) is 10.2 Å². The maximum atomic E-state index is 13.9. The number of benzene rings is 1. The van der Waals surface area contributed by atoms with E-state index in [0.29, 0.717) is 31.0 Å². The number of hydrogen-bond donors (Lipinski definition) is 1. The van der Waals surface area contributed by atoms with E-state index in [-0.39, 0.29) is 11.7 Å². The molecule has 7 heteroatoms. The predicted molar refractivity (Wildman–Crippen MR) is 100 cm³/mol. The Bertz CT molecular complexity index is 729. The molecule has 1 saturated heterocycles. The molecule has 1 aliphatic rings. The number of anilines is 2. The highest BCUT2D eigenvalue weighted by Gasteiger charge is 2.20. The Hall–Kier alpha value is -2.70. The van der Waals surface area contributed by atoms with Crippen molar-refractivity contribution in [3.63, 3.8) is 0 Å². The number of rotatable bonds is 6. The molecule has 0 radical (unpaired) electrons. The van der Waals surface area contributed by atoms with E-state index in [1.807, 2.05) is 17.0 Å². The second kappa shape index (κ2) is 8.60. The van der Waals surface area contributed by atoms with Gasteiger partial charge in [0.25, 0.3) is 5.91 Å². The van der Waals surface area contributed by atoms with E-state index in [0.717, 1.165) is 31.7 Å². The molecular weight excluding hydrogens is 333 g/mol.